The van der Waals surface area contributed by atoms with Crippen molar-refractivity contribution in [1.82, 2.24) is 0 Å². The number of thiophene rings is 1. The van der Waals surface area contributed by atoms with E-state index in [1.165, 1.54) is 17.4 Å². The van der Waals surface area contributed by atoms with Crippen molar-refractivity contribution in [2.24, 2.45) is 0 Å². The van der Waals surface area contributed by atoms with Crippen LogP contribution < -0.4 is 0 Å². The highest BCUT2D eigenvalue weighted by atomic mass is 32.1. The van der Waals surface area contributed by atoms with Crippen molar-refractivity contribution < 1.29 is 74.2 Å². The van der Waals surface area contributed by atoms with E-state index in [1.54, 1.807) is 24.3 Å². The molecule has 344 valence electrons. The molecule has 0 aliphatic heterocycles. The summed E-state index contributed by atoms with van der Waals surface area (Å²) >= 11 is 1.36. The lowest BCUT2D eigenvalue weighted by molar-refractivity contribution is 0.0470. The molecule has 1 heterocycles. The van der Waals surface area contributed by atoms with Gasteiger partial charge in [-0.1, -0.05) is 6.58 Å². The molecule has 2 aromatic carbocycles. The first-order chi connectivity index (χ1) is 29.9. The number of allylic oxidation sites excluding steroid dienone is 1. The zero-order chi connectivity index (χ0) is 45.3. The number of ether oxygens (including phenoxy) is 4. The van der Waals surface area contributed by atoms with Gasteiger partial charge in [-0.15, -0.1) is 11.3 Å². The van der Waals surface area contributed by atoms with Gasteiger partial charge in [-0.3, -0.25) is 0 Å². The van der Waals surface area contributed by atoms with Gasteiger partial charge >= 0.3 is 17.9 Å². The lowest BCUT2D eigenvalue weighted by Gasteiger charge is -2.13. The van der Waals surface area contributed by atoms with Gasteiger partial charge in [-0.05, 0) is 142 Å². The Hall–Kier alpha value is -4.23. The molecule has 0 aliphatic carbocycles. The van der Waals surface area contributed by atoms with Gasteiger partial charge in [0.05, 0.1) is 99.7 Å². The maximum absolute atomic E-state index is 13.4. The first-order valence-corrected chi connectivity index (χ1v) is 22.1. The van der Waals surface area contributed by atoms with Crippen LogP contribution in [0, 0.1) is 0 Å². The standard InChI is InChI=1S/C46H64O15S/c1-31(58-16-6-2-10-38(51)27-47)20-32-21-33(23-35(22-32)44(55)59-17-7-3-11-39(52)28-48)42-14-15-43(62-42)34-24-36(45(56)60-18-8-4-12-40(53)29-49)26-37(25-34)46(57)61-19-9-5-13-41(54)30-50/h14-15,21-26,38-41,47-54H,1-13,16-20,27-30H2. The number of hydrogen-bond donors (Lipinski definition) is 8. The minimum Gasteiger partial charge on any atom is -0.498 e. The van der Waals surface area contributed by atoms with Crippen LogP contribution in [-0.2, 0) is 25.4 Å². The molecule has 0 radical (unpaired) electrons. The van der Waals surface area contributed by atoms with Crippen LogP contribution in [0.5, 0.6) is 0 Å². The molecule has 0 bridgehead atoms. The molecule has 0 spiro atoms. The lowest BCUT2D eigenvalue weighted by Crippen LogP contribution is -2.13. The fourth-order valence-corrected chi connectivity index (χ4v) is 7.22. The number of aliphatic hydroxyl groups excluding tert-OH is 8. The van der Waals surface area contributed by atoms with E-state index in [0.29, 0.717) is 111 Å². The fraction of sp³-hybridized carbons (Fsp3) is 0.543. The minimum absolute atomic E-state index is 0.0595. The Morgan fingerprint density at radius 1 is 0.484 bits per heavy atom. The molecule has 0 saturated carbocycles. The molecule has 0 amide bonds. The second-order valence-corrected chi connectivity index (χ2v) is 16.3. The molecule has 3 aromatic rings. The van der Waals surface area contributed by atoms with E-state index in [9.17, 15) is 34.8 Å². The molecular formula is C46H64O15S. The van der Waals surface area contributed by atoms with Crippen LogP contribution >= 0.6 is 11.3 Å². The predicted molar refractivity (Wildman–Crippen MR) is 233 cm³/mol. The Morgan fingerprint density at radius 3 is 1.19 bits per heavy atom. The first kappa shape index (κ1) is 52.1. The van der Waals surface area contributed by atoms with Crippen molar-refractivity contribution in [2.45, 2.75) is 108 Å². The van der Waals surface area contributed by atoms with E-state index in [1.807, 2.05) is 18.2 Å². The van der Waals surface area contributed by atoms with Crippen LogP contribution in [-0.4, -0.2) is 136 Å². The van der Waals surface area contributed by atoms with E-state index in [2.05, 4.69) is 6.58 Å². The average Bonchev–Trinajstić information content (AvgIpc) is 3.78. The SMILES string of the molecule is C=C(Cc1cc(C(=O)OCCCCC(O)CO)cc(-c2ccc(-c3cc(C(=O)OCCCCC(O)CO)cc(C(=O)OCCCCC(O)CO)c3)s2)c1)OCCCCC(O)CO. The van der Waals surface area contributed by atoms with Crippen LogP contribution in [0.3, 0.4) is 0 Å². The molecule has 3 rings (SSSR count). The third kappa shape index (κ3) is 19.4. The number of benzene rings is 2. The van der Waals surface area contributed by atoms with Crippen LogP contribution in [0.15, 0.2) is 60.9 Å². The van der Waals surface area contributed by atoms with Gasteiger partial charge in [0, 0.05) is 16.2 Å². The zero-order valence-electron chi connectivity index (χ0n) is 35.3. The highest BCUT2D eigenvalue weighted by Crippen LogP contribution is 2.37. The monoisotopic (exact) mass is 888 g/mol. The molecule has 15 nitrogen and oxygen atoms in total. The molecule has 1 aromatic heterocycles. The highest BCUT2D eigenvalue weighted by molar-refractivity contribution is 7.18. The summed E-state index contributed by atoms with van der Waals surface area (Å²) in [6, 6.07) is 13.6. The summed E-state index contributed by atoms with van der Waals surface area (Å²) in [5, 5.41) is 74.7. The summed E-state index contributed by atoms with van der Waals surface area (Å²) in [7, 11) is 0. The minimum atomic E-state index is -0.849. The normalized spacial score (nSPS) is 13.2. The van der Waals surface area contributed by atoms with Crippen LogP contribution in [0.4, 0.5) is 0 Å². The molecule has 62 heavy (non-hydrogen) atoms. The molecule has 4 unspecified atom stereocenters. The van der Waals surface area contributed by atoms with E-state index in [-0.39, 0.29) is 63.8 Å². The van der Waals surface area contributed by atoms with Gasteiger partial charge in [-0.2, -0.15) is 0 Å². The van der Waals surface area contributed by atoms with E-state index >= 15 is 0 Å². The predicted octanol–water partition coefficient (Wildman–Crippen LogP) is 4.72. The van der Waals surface area contributed by atoms with E-state index in [4.69, 9.17) is 39.4 Å². The number of hydrogen-bond acceptors (Lipinski definition) is 16. The van der Waals surface area contributed by atoms with Crippen molar-refractivity contribution in [3.8, 4) is 20.9 Å². The summed E-state index contributed by atoms with van der Waals surface area (Å²) in [5.41, 5.74) is 2.48. The summed E-state index contributed by atoms with van der Waals surface area (Å²) in [6.07, 6.45) is 2.82. The number of aliphatic hydroxyl groups is 8. The number of unbranched alkanes of at least 4 members (excludes halogenated alkanes) is 4. The molecule has 8 N–H and O–H groups in total. The second kappa shape index (κ2) is 29.2. The maximum Gasteiger partial charge on any atom is 0.338 e. The van der Waals surface area contributed by atoms with Gasteiger partial charge in [0.2, 0.25) is 0 Å². The molecule has 0 fully saturated rings. The lowest BCUT2D eigenvalue weighted by atomic mass is 10.0. The van der Waals surface area contributed by atoms with E-state index in [0.717, 1.165) is 10.4 Å². The summed E-state index contributed by atoms with van der Waals surface area (Å²) in [6.45, 7) is 3.30. The summed E-state index contributed by atoms with van der Waals surface area (Å²) < 4.78 is 22.4. The number of carbonyl (C=O) groups is 3. The fourth-order valence-electron chi connectivity index (χ4n) is 6.24. The molecular weight excluding hydrogens is 825 g/mol. The Bertz CT molecular complexity index is 1760. The first-order valence-electron chi connectivity index (χ1n) is 21.2. The Balaban J connectivity index is 1.88. The maximum atomic E-state index is 13.4. The Morgan fingerprint density at radius 2 is 0.823 bits per heavy atom. The van der Waals surface area contributed by atoms with Gasteiger partial charge < -0.3 is 59.8 Å². The molecule has 0 aliphatic rings. The number of esters is 3. The van der Waals surface area contributed by atoms with Crippen molar-refractivity contribution in [1.29, 1.82) is 0 Å². The van der Waals surface area contributed by atoms with Gasteiger partial charge in [0.25, 0.3) is 0 Å². The molecule has 0 saturated heterocycles. The molecule has 16 heteroatoms. The van der Waals surface area contributed by atoms with Crippen molar-refractivity contribution in [3.63, 3.8) is 0 Å². The van der Waals surface area contributed by atoms with Crippen LogP contribution in [0.2, 0.25) is 0 Å². The van der Waals surface area contributed by atoms with Crippen LogP contribution in [0.1, 0.15) is 114 Å². The highest BCUT2D eigenvalue weighted by Gasteiger charge is 2.19. The molecule has 4 atom stereocenters. The Kier molecular flexibility index (Phi) is 24.5. The number of carbonyl (C=O) groups excluding carboxylic acids is 3. The third-order valence-corrected chi connectivity index (χ3v) is 11.0. The largest absolute Gasteiger partial charge is 0.498 e. The van der Waals surface area contributed by atoms with Crippen molar-refractivity contribution in [2.75, 3.05) is 52.9 Å². The topological polar surface area (TPSA) is 250 Å². The summed E-state index contributed by atoms with van der Waals surface area (Å²) in [5.74, 6) is -1.41. The zero-order valence-corrected chi connectivity index (χ0v) is 36.1. The van der Waals surface area contributed by atoms with Gasteiger partial charge in [0.1, 0.15) is 0 Å². The number of rotatable bonds is 32. The quantitative estimate of drug-likeness (QED) is 0.0183. The van der Waals surface area contributed by atoms with Gasteiger partial charge in [0.15, 0.2) is 0 Å². The van der Waals surface area contributed by atoms with Crippen LogP contribution in [0.25, 0.3) is 20.9 Å². The second-order valence-electron chi connectivity index (χ2n) is 15.2. The third-order valence-electron chi connectivity index (χ3n) is 9.78. The smallest absolute Gasteiger partial charge is 0.338 e. The summed E-state index contributed by atoms with van der Waals surface area (Å²) in [4.78, 5) is 41.4. The van der Waals surface area contributed by atoms with Crippen molar-refractivity contribution in [3.05, 3.63) is 83.1 Å². The van der Waals surface area contributed by atoms with Crippen molar-refractivity contribution >= 4 is 29.2 Å². The van der Waals surface area contributed by atoms with E-state index < -0.39 is 42.3 Å². The van der Waals surface area contributed by atoms with Gasteiger partial charge in [-0.25, -0.2) is 14.4 Å². The average molecular weight is 889 g/mol. The Labute approximate surface area is 367 Å².